The van der Waals surface area contributed by atoms with E-state index in [9.17, 15) is 30.7 Å². The van der Waals surface area contributed by atoms with Crippen molar-refractivity contribution in [2.24, 2.45) is 5.41 Å². The van der Waals surface area contributed by atoms with Crippen molar-refractivity contribution in [1.82, 2.24) is 24.6 Å². The van der Waals surface area contributed by atoms with Crippen LogP contribution in [0.2, 0.25) is 0 Å². The number of rotatable bonds is 4. The van der Waals surface area contributed by atoms with Crippen LogP contribution < -0.4 is 4.90 Å². The van der Waals surface area contributed by atoms with Gasteiger partial charge in [0.05, 0.1) is 29.8 Å². The number of anilines is 2. The predicted molar refractivity (Wildman–Crippen MR) is 110 cm³/mol. The third kappa shape index (κ3) is 4.09. The molecule has 0 N–H and O–H groups in total. The summed E-state index contributed by atoms with van der Waals surface area (Å²) in [6.07, 6.45) is -4.51. The number of alkyl halides is 5. The molecular weight excluding hydrogens is 481 g/mol. The minimum atomic E-state index is -4.54. The Kier molecular flexibility index (Phi) is 5.26. The van der Waals surface area contributed by atoms with E-state index in [4.69, 9.17) is 0 Å². The molecule has 6 nitrogen and oxygen atoms in total. The van der Waals surface area contributed by atoms with Crippen molar-refractivity contribution in [3.63, 3.8) is 0 Å². The van der Waals surface area contributed by atoms with Crippen molar-refractivity contribution < 1.29 is 30.7 Å². The third-order valence-corrected chi connectivity index (χ3v) is 5.61. The summed E-state index contributed by atoms with van der Waals surface area (Å²) in [5, 5.41) is 7.24. The average Bonchev–Trinajstić information content (AvgIpc) is 3.45. The first-order valence-electron chi connectivity index (χ1n) is 10.2. The minimum absolute atomic E-state index is 0.0589. The van der Waals surface area contributed by atoms with Crippen molar-refractivity contribution in [2.45, 2.75) is 25.4 Å². The maximum absolute atomic E-state index is 14.8. The SMILES string of the molecule is Fc1cc(C#CC2(C(F)(F)F)CC2)cc(N(CC(F)F)c2nc3nncn3c3cncc(F)c23)c1. The molecule has 0 aliphatic heterocycles. The molecule has 0 saturated heterocycles. The van der Waals surface area contributed by atoms with Gasteiger partial charge in [0.2, 0.25) is 0 Å². The molecule has 0 bridgehead atoms. The number of hydrogen-bond acceptors (Lipinski definition) is 5. The van der Waals surface area contributed by atoms with Crippen LogP contribution in [-0.4, -0.2) is 43.7 Å². The molecule has 4 aromatic rings. The Balaban J connectivity index is 1.68. The van der Waals surface area contributed by atoms with E-state index in [0.29, 0.717) is 0 Å². The van der Waals surface area contributed by atoms with Crippen molar-refractivity contribution in [1.29, 1.82) is 0 Å². The summed E-state index contributed by atoms with van der Waals surface area (Å²) >= 11 is 0. The van der Waals surface area contributed by atoms with E-state index < -0.39 is 36.2 Å². The van der Waals surface area contributed by atoms with Crippen molar-refractivity contribution in [3.05, 3.63) is 54.1 Å². The first kappa shape index (κ1) is 22.8. The summed E-state index contributed by atoms with van der Waals surface area (Å²) in [5.41, 5.74) is -2.41. The zero-order chi connectivity index (χ0) is 25.0. The molecule has 1 aromatic carbocycles. The molecule has 180 valence electrons. The van der Waals surface area contributed by atoms with Crippen molar-refractivity contribution in [3.8, 4) is 11.8 Å². The molecule has 3 aromatic heterocycles. The van der Waals surface area contributed by atoms with Gasteiger partial charge >= 0.3 is 6.18 Å². The second-order valence-corrected chi connectivity index (χ2v) is 7.98. The summed E-state index contributed by atoms with van der Waals surface area (Å²) in [6.45, 7) is -1.03. The largest absolute Gasteiger partial charge is 0.405 e. The highest BCUT2D eigenvalue weighted by molar-refractivity contribution is 5.93. The quantitative estimate of drug-likeness (QED) is 0.294. The first-order valence-corrected chi connectivity index (χ1v) is 10.2. The highest BCUT2D eigenvalue weighted by atomic mass is 19.4. The highest BCUT2D eigenvalue weighted by Gasteiger charge is 2.62. The van der Waals surface area contributed by atoms with Gasteiger partial charge < -0.3 is 4.90 Å². The Bertz CT molecular complexity index is 1500. The average molecular weight is 494 g/mol. The summed E-state index contributed by atoms with van der Waals surface area (Å²) in [5.74, 6) is 2.26. The van der Waals surface area contributed by atoms with Crippen LogP contribution in [0.3, 0.4) is 0 Å². The summed E-state index contributed by atoms with van der Waals surface area (Å²) in [6, 6.07) is 2.91. The van der Waals surface area contributed by atoms with Gasteiger partial charge in [-0.05, 0) is 31.0 Å². The molecule has 1 saturated carbocycles. The van der Waals surface area contributed by atoms with E-state index in [2.05, 4.69) is 32.0 Å². The van der Waals surface area contributed by atoms with E-state index >= 15 is 0 Å². The predicted octanol–water partition coefficient (Wildman–Crippen LogP) is 5.05. The molecule has 35 heavy (non-hydrogen) atoms. The minimum Gasteiger partial charge on any atom is -0.320 e. The van der Waals surface area contributed by atoms with Gasteiger partial charge in [-0.25, -0.2) is 17.6 Å². The van der Waals surface area contributed by atoms with Gasteiger partial charge in [0, 0.05) is 11.3 Å². The Morgan fingerprint density at radius 1 is 1.11 bits per heavy atom. The maximum Gasteiger partial charge on any atom is 0.405 e. The van der Waals surface area contributed by atoms with Crippen molar-refractivity contribution >= 4 is 28.2 Å². The fourth-order valence-electron chi connectivity index (χ4n) is 3.70. The van der Waals surface area contributed by atoms with Gasteiger partial charge in [0.25, 0.3) is 12.2 Å². The number of fused-ring (bicyclic) bond motifs is 3. The molecule has 0 atom stereocenters. The lowest BCUT2D eigenvalue weighted by atomic mass is 10.1. The molecule has 0 spiro atoms. The zero-order valence-electron chi connectivity index (χ0n) is 17.5. The summed E-state index contributed by atoms with van der Waals surface area (Å²) in [7, 11) is 0. The summed E-state index contributed by atoms with van der Waals surface area (Å²) in [4.78, 5) is 8.77. The van der Waals surface area contributed by atoms with Gasteiger partial charge in [-0.3, -0.25) is 9.38 Å². The highest BCUT2D eigenvalue weighted by Crippen LogP contribution is 2.57. The molecule has 0 radical (unpaired) electrons. The number of nitrogens with zero attached hydrogens (tertiary/aromatic N) is 6. The van der Waals surface area contributed by atoms with Crippen LogP contribution in [0.25, 0.3) is 16.7 Å². The van der Waals surface area contributed by atoms with Crippen LogP contribution in [0.5, 0.6) is 0 Å². The molecule has 13 heteroatoms. The fourth-order valence-corrected chi connectivity index (χ4v) is 3.70. The number of hydrogen-bond donors (Lipinski definition) is 0. The topological polar surface area (TPSA) is 59.2 Å². The van der Waals surface area contributed by atoms with E-state index in [1.54, 1.807) is 0 Å². The van der Waals surface area contributed by atoms with E-state index in [0.717, 1.165) is 29.3 Å². The van der Waals surface area contributed by atoms with Crippen LogP contribution in [0.4, 0.5) is 42.2 Å². The number of benzene rings is 1. The molecule has 1 aliphatic rings. The molecular formula is C22H13F7N6. The van der Waals surface area contributed by atoms with E-state index in [1.807, 2.05) is 0 Å². The number of halogens is 7. The number of aromatic nitrogens is 5. The fraction of sp³-hybridized carbons (Fsp3) is 0.273. The van der Waals surface area contributed by atoms with Crippen LogP contribution in [0, 0.1) is 28.9 Å². The Labute approximate surface area is 192 Å². The van der Waals surface area contributed by atoms with Crippen LogP contribution >= 0.6 is 0 Å². The van der Waals surface area contributed by atoms with Gasteiger partial charge in [0.15, 0.2) is 5.82 Å². The lowest BCUT2D eigenvalue weighted by Crippen LogP contribution is -2.26. The second kappa shape index (κ2) is 8.07. The molecule has 5 rings (SSSR count). The lowest BCUT2D eigenvalue weighted by molar-refractivity contribution is -0.168. The Morgan fingerprint density at radius 2 is 1.89 bits per heavy atom. The van der Waals surface area contributed by atoms with Gasteiger partial charge in [0.1, 0.15) is 23.4 Å². The van der Waals surface area contributed by atoms with Crippen LogP contribution in [0.1, 0.15) is 18.4 Å². The lowest BCUT2D eigenvalue weighted by Gasteiger charge is -2.25. The smallest absolute Gasteiger partial charge is 0.320 e. The normalized spacial score (nSPS) is 14.9. The first-order chi connectivity index (χ1) is 16.6. The molecule has 3 heterocycles. The molecule has 0 unspecified atom stereocenters. The second-order valence-electron chi connectivity index (χ2n) is 7.98. The number of pyridine rings is 1. The van der Waals surface area contributed by atoms with Gasteiger partial charge in [-0.2, -0.15) is 18.2 Å². The third-order valence-electron chi connectivity index (χ3n) is 5.61. The molecule has 1 fully saturated rings. The van der Waals surface area contributed by atoms with Gasteiger partial charge in [-0.15, -0.1) is 10.2 Å². The molecule has 1 aliphatic carbocycles. The van der Waals surface area contributed by atoms with Crippen LogP contribution in [0.15, 0.2) is 36.9 Å². The Hall–Kier alpha value is -3.95. The van der Waals surface area contributed by atoms with E-state index in [1.165, 1.54) is 16.9 Å². The van der Waals surface area contributed by atoms with Crippen LogP contribution in [-0.2, 0) is 0 Å². The monoisotopic (exact) mass is 494 g/mol. The Morgan fingerprint density at radius 3 is 2.57 bits per heavy atom. The zero-order valence-corrected chi connectivity index (χ0v) is 17.5. The maximum atomic E-state index is 14.8. The van der Waals surface area contributed by atoms with Gasteiger partial charge in [-0.1, -0.05) is 11.8 Å². The summed E-state index contributed by atoms with van der Waals surface area (Å²) < 4.78 is 97.4. The molecule has 0 amide bonds. The van der Waals surface area contributed by atoms with E-state index in [-0.39, 0.29) is 46.6 Å². The van der Waals surface area contributed by atoms with Crippen molar-refractivity contribution in [2.75, 3.05) is 11.4 Å². The standard InChI is InChI=1S/C22H13F7N6/c23-13-5-12(1-2-21(3-4-21)22(27,28)29)6-14(7-13)34(10-17(25)26)19-18-15(24)8-30-9-16(18)35-11-31-33-20(35)32-19/h5-9,11,17H,3-4,10H2.